The molecule has 0 aromatic rings. The Bertz CT molecular complexity index is 813. The molecule has 0 radical (unpaired) electrons. The molecule has 1 amide bonds. The number of unbranched alkanes of at least 4 members (excludes halogenated alkanes) is 23. The van der Waals surface area contributed by atoms with Crippen molar-refractivity contribution in [2.24, 2.45) is 0 Å². The van der Waals surface area contributed by atoms with Crippen molar-refractivity contribution < 1.29 is 14.3 Å². The summed E-state index contributed by atoms with van der Waals surface area (Å²) in [4.78, 5) is 27.5. The predicted octanol–water partition coefficient (Wildman–Crippen LogP) is 12.4. The van der Waals surface area contributed by atoms with Crippen LogP contribution in [0, 0.1) is 0 Å². The van der Waals surface area contributed by atoms with Crippen molar-refractivity contribution in [3.8, 4) is 0 Å². The number of nitrogens with one attached hydrogen (secondary N) is 2. The number of carbonyl (C=O) groups is 2. The normalized spacial score (nSPS) is 12.4. The fourth-order valence-electron chi connectivity index (χ4n) is 6.59. The molecule has 0 aliphatic heterocycles. The first kappa shape index (κ1) is 50.3. The molecule has 1 atom stereocenters. The Morgan fingerprint density at radius 3 is 1.46 bits per heavy atom. The van der Waals surface area contributed by atoms with Gasteiger partial charge in [-0.25, -0.2) is 0 Å². The molecule has 0 bridgehead atoms. The Labute approximate surface area is 324 Å². The van der Waals surface area contributed by atoms with Crippen LogP contribution in [0.15, 0.2) is 24.3 Å². The largest absolute Gasteiger partial charge is 0.466 e. The fraction of sp³-hybridized carbons (Fsp3) is 0.870. The van der Waals surface area contributed by atoms with Gasteiger partial charge >= 0.3 is 5.97 Å². The average molecular weight is 732 g/mol. The van der Waals surface area contributed by atoms with Crippen LogP contribution in [0.3, 0.4) is 0 Å². The third-order valence-electron chi connectivity index (χ3n) is 10.0. The zero-order valence-electron chi connectivity index (χ0n) is 35.3. The van der Waals surface area contributed by atoms with Gasteiger partial charge in [0.2, 0.25) is 5.91 Å². The summed E-state index contributed by atoms with van der Waals surface area (Å²) < 4.78 is 5.53. The zero-order chi connectivity index (χ0) is 38.0. The summed E-state index contributed by atoms with van der Waals surface area (Å²) in [7, 11) is 4.15. The quantitative estimate of drug-likeness (QED) is 0.0372. The molecular weight excluding hydrogens is 643 g/mol. The SMILES string of the molecule is CCCCCCCC/C=C\CCCCCCCCNC(=O)C(CCCOC(=O)CCCCCCC/C=C\CCCCCCCC)NCCCN(C)C. The van der Waals surface area contributed by atoms with Crippen LogP contribution in [-0.4, -0.2) is 63.2 Å². The molecule has 306 valence electrons. The Morgan fingerprint density at radius 1 is 0.538 bits per heavy atom. The van der Waals surface area contributed by atoms with Gasteiger partial charge in [-0.2, -0.15) is 0 Å². The van der Waals surface area contributed by atoms with Gasteiger partial charge in [0, 0.05) is 13.0 Å². The van der Waals surface area contributed by atoms with E-state index >= 15 is 0 Å². The van der Waals surface area contributed by atoms with Crippen LogP contribution >= 0.6 is 0 Å². The Kier molecular flexibility index (Phi) is 40.7. The van der Waals surface area contributed by atoms with E-state index in [-0.39, 0.29) is 17.9 Å². The first-order valence-corrected chi connectivity index (χ1v) is 22.6. The van der Waals surface area contributed by atoms with Gasteiger partial charge in [-0.15, -0.1) is 0 Å². The number of hydrogen-bond acceptors (Lipinski definition) is 5. The lowest BCUT2D eigenvalue weighted by Crippen LogP contribution is -2.45. The number of amides is 1. The van der Waals surface area contributed by atoms with Gasteiger partial charge < -0.3 is 20.3 Å². The van der Waals surface area contributed by atoms with Crippen molar-refractivity contribution in [1.29, 1.82) is 0 Å². The summed E-state index contributed by atoms with van der Waals surface area (Å²) in [5, 5.41) is 6.64. The van der Waals surface area contributed by atoms with Crippen molar-refractivity contribution in [3.05, 3.63) is 24.3 Å². The van der Waals surface area contributed by atoms with Crippen molar-refractivity contribution in [1.82, 2.24) is 15.5 Å². The van der Waals surface area contributed by atoms with E-state index in [1.54, 1.807) is 0 Å². The number of allylic oxidation sites excluding steroid dienone is 4. The average Bonchev–Trinajstić information content (AvgIpc) is 3.13. The second-order valence-electron chi connectivity index (χ2n) is 15.6. The molecule has 1 unspecified atom stereocenters. The van der Waals surface area contributed by atoms with Gasteiger partial charge in [0.15, 0.2) is 0 Å². The third-order valence-corrected chi connectivity index (χ3v) is 10.0. The number of rotatable bonds is 41. The van der Waals surface area contributed by atoms with Crippen molar-refractivity contribution in [3.63, 3.8) is 0 Å². The predicted molar refractivity (Wildman–Crippen MR) is 227 cm³/mol. The molecule has 2 N–H and O–H groups in total. The number of ether oxygens (including phenoxy) is 1. The van der Waals surface area contributed by atoms with E-state index in [1.165, 1.54) is 154 Å². The molecule has 0 heterocycles. The van der Waals surface area contributed by atoms with Gasteiger partial charge in [-0.05, 0) is 111 Å². The number of nitrogens with zero attached hydrogens (tertiary/aromatic N) is 1. The summed E-state index contributed by atoms with van der Waals surface area (Å²) in [5.74, 6) is -0.0187. The molecule has 0 rings (SSSR count). The van der Waals surface area contributed by atoms with Gasteiger partial charge in [0.1, 0.15) is 0 Å². The first-order chi connectivity index (χ1) is 25.5. The topological polar surface area (TPSA) is 70.7 Å². The van der Waals surface area contributed by atoms with Crippen LogP contribution in [0.2, 0.25) is 0 Å². The molecule has 6 heteroatoms. The van der Waals surface area contributed by atoms with Crippen molar-refractivity contribution in [2.75, 3.05) is 40.3 Å². The molecule has 0 fully saturated rings. The number of esters is 1. The minimum absolute atomic E-state index is 0.0808. The third kappa shape index (κ3) is 39.5. The Balaban J connectivity index is 3.94. The maximum absolute atomic E-state index is 13.0. The van der Waals surface area contributed by atoms with E-state index < -0.39 is 0 Å². The lowest BCUT2D eigenvalue weighted by molar-refractivity contribution is -0.143. The van der Waals surface area contributed by atoms with Gasteiger partial charge in [0.25, 0.3) is 0 Å². The molecule has 0 saturated heterocycles. The lowest BCUT2D eigenvalue weighted by Gasteiger charge is -2.19. The summed E-state index contributed by atoms with van der Waals surface area (Å²) in [6.45, 7) is 7.47. The molecule has 52 heavy (non-hydrogen) atoms. The monoisotopic (exact) mass is 732 g/mol. The second kappa shape index (κ2) is 42.1. The van der Waals surface area contributed by atoms with E-state index in [0.29, 0.717) is 25.9 Å². The zero-order valence-corrected chi connectivity index (χ0v) is 35.3. The van der Waals surface area contributed by atoms with E-state index in [9.17, 15) is 9.59 Å². The maximum atomic E-state index is 13.0. The first-order valence-electron chi connectivity index (χ1n) is 22.6. The van der Waals surface area contributed by atoms with E-state index in [0.717, 1.165) is 45.3 Å². The lowest BCUT2D eigenvalue weighted by atomic mass is 10.1. The smallest absolute Gasteiger partial charge is 0.305 e. The minimum Gasteiger partial charge on any atom is -0.466 e. The van der Waals surface area contributed by atoms with Gasteiger partial charge in [-0.1, -0.05) is 147 Å². The second-order valence-corrected chi connectivity index (χ2v) is 15.6. The van der Waals surface area contributed by atoms with Crippen LogP contribution in [-0.2, 0) is 14.3 Å². The summed E-state index contributed by atoms with van der Waals surface area (Å²) in [6.07, 6.45) is 46.7. The highest BCUT2D eigenvalue weighted by atomic mass is 16.5. The van der Waals surface area contributed by atoms with Crippen molar-refractivity contribution >= 4 is 11.9 Å². The molecule has 6 nitrogen and oxygen atoms in total. The van der Waals surface area contributed by atoms with E-state index in [4.69, 9.17) is 4.74 Å². The highest BCUT2D eigenvalue weighted by Gasteiger charge is 2.17. The van der Waals surface area contributed by atoms with Gasteiger partial charge in [-0.3, -0.25) is 9.59 Å². The molecule has 0 aliphatic rings. The van der Waals surface area contributed by atoms with Crippen LogP contribution in [0.25, 0.3) is 0 Å². The molecule has 0 aromatic carbocycles. The van der Waals surface area contributed by atoms with E-state index in [1.807, 2.05) is 0 Å². The fourth-order valence-corrected chi connectivity index (χ4v) is 6.59. The van der Waals surface area contributed by atoms with Crippen LogP contribution in [0.1, 0.15) is 213 Å². The Morgan fingerprint density at radius 2 is 0.981 bits per heavy atom. The van der Waals surface area contributed by atoms with Crippen molar-refractivity contribution in [2.45, 2.75) is 219 Å². The highest BCUT2D eigenvalue weighted by molar-refractivity contribution is 5.81. The van der Waals surface area contributed by atoms with E-state index in [2.05, 4.69) is 67.8 Å². The Hall–Kier alpha value is -1.66. The molecule has 0 aliphatic carbocycles. The molecule has 0 spiro atoms. The van der Waals surface area contributed by atoms with Gasteiger partial charge in [0.05, 0.1) is 12.6 Å². The van der Waals surface area contributed by atoms with Crippen LogP contribution in [0.5, 0.6) is 0 Å². The molecule has 0 saturated carbocycles. The number of hydrogen-bond donors (Lipinski definition) is 2. The maximum Gasteiger partial charge on any atom is 0.305 e. The standard InChI is InChI=1S/C46H89N3O3/c1-5-7-9-11-13-15-17-19-21-23-25-27-29-31-33-35-40-48-46(51)44(47-41-37-42-49(3)4)38-36-43-52-45(50)39-34-32-30-28-26-24-22-20-18-16-14-12-10-8-6-2/h19-22,44,47H,5-18,23-43H2,1-4H3,(H,48,51)/b21-19-,22-20-. The highest BCUT2D eigenvalue weighted by Crippen LogP contribution is 2.12. The summed E-state index contributed by atoms with van der Waals surface area (Å²) >= 11 is 0. The van der Waals surface area contributed by atoms with Crippen LogP contribution < -0.4 is 10.6 Å². The number of carbonyl (C=O) groups excluding carboxylic acids is 2. The van der Waals surface area contributed by atoms with Crippen LogP contribution in [0.4, 0.5) is 0 Å². The summed E-state index contributed by atoms with van der Waals surface area (Å²) in [6, 6.07) is -0.236. The molecular formula is C46H89N3O3. The summed E-state index contributed by atoms with van der Waals surface area (Å²) in [5.41, 5.74) is 0. The minimum atomic E-state index is -0.236. The molecule has 0 aromatic heterocycles.